The summed E-state index contributed by atoms with van der Waals surface area (Å²) in [6.07, 6.45) is 3.35. The van der Waals surface area contributed by atoms with Gasteiger partial charge in [-0.15, -0.1) is 0 Å². The summed E-state index contributed by atoms with van der Waals surface area (Å²) in [4.78, 5) is 16.5. The van der Waals surface area contributed by atoms with E-state index in [1.54, 1.807) is 11.8 Å². The number of carbonyl (C=O) groups is 1. The van der Waals surface area contributed by atoms with Crippen LogP contribution in [0.1, 0.15) is 67.6 Å². The highest BCUT2D eigenvalue weighted by atomic mass is 16.5. The van der Waals surface area contributed by atoms with Crippen LogP contribution in [0.3, 0.4) is 0 Å². The van der Waals surface area contributed by atoms with E-state index in [0.29, 0.717) is 31.1 Å². The largest absolute Gasteiger partial charge is 0.496 e. The molecule has 0 aliphatic carbocycles. The number of methoxy groups -OCH3 is 1. The van der Waals surface area contributed by atoms with Crippen LogP contribution < -0.4 is 14.8 Å². The molecule has 2 aromatic heterocycles. The van der Waals surface area contributed by atoms with Crippen LogP contribution in [0.5, 0.6) is 11.6 Å². The van der Waals surface area contributed by atoms with Gasteiger partial charge in [-0.3, -0.25) is 4.79 Å². The highest BCUT2D eigenvalue weighted by Gasteiger charge is 2.24. The number of carboxylic acids is 1. The van der Waals surface area contributed by atoms with E-state index in [2.05, 4.69) is 49.4 Å². The zero-order chi connectivity index (χ0) is 26.6. The van der Waals surface area contributed by atoms with Crippen molar-refractivity contribution < 1.29 is 19.4 Å². The Bertz CT molecular complexity index is 1250. The first-order valence-corrected chi connectivity index (χ1v) is 12.9. The van der Waals surface area contributed by atoms with Crippen molar-refractivity contribution in [2.75, 3.05) is 25.6 Å². The van der Waals surface area contributed by atoms with Gasteiger partial charge < -0.3 is 19.9 Å². The highest BCUT2D eigenvalue weighted by molar-refractivity contribution is 5.68. The lowest BCUT2D eigenvalue weighted by molar-refractivity contribution is -0.137. The number of aliphatic carboxylic acids is 1. The average molecular weight is 507 g/mol. The Morgan fingerprint density at radius 2 is 2.00 bits per heavy atom. The molecule has 8 nitrogen and oxygen atoms in total. The Morgan fingerprint density at radius 3 is 2.73 bits per heavy atom. The Kier molecular flexibility index (Phi) is 8.05. The van der Waals surface area contributed by atoms with E-state index in [0.717, 1.165) is 47.7 Å². The summed E-state index contributed by atoms with van der Waals surface area (Å²) in [5, 5.41) is 17.6. The van der Waals surface area contributed by atoms with E-state index in [-0.39, 0.29) is 17.8 Å². The Morgan fingerprint density at radius 1 is 1.19 bits per heavy atom. The molecular formula is C29H38N4O4. The minimum atomic E-state index is -0.855. The molecule has 0 fully saturated rings. The highest BCUT2D eigenvalue weighted by Crippen LogP contribution is 2.36. The van der Waals surface area contributed by atoms with Crippen LogP contribution in [-0.2, 0) is 36.5 Å². The number of hydrogen-bond donors (Lipinski definition) is 2. The van der Waals surface area contributed by atoms with E-state index in [4.69, 9.17) is 14.5 Å². The average Bonchev–Trinajstić information content (AvgIpc) is 3.20. The van der Waals surface area contributed by atoms with Crippen molar-refractivity contribution in [1.29, 1.82) is 0 Å². The maximum Gasteiger partial charge on any atom is 0.303 e. The molecule has 0 amide bonds. The molecule has 0 saturated heterocycles. The van der Waals surface area contributed by atoms with Crippen molar-refractivity contribution in [2.24, 2.45) is 7.05 Å². The molecule has 2 N–H and O–H groups in total. The quantitative estimate of drug-likeness (QED) is 0.403. The van der Waals surface area contributed by atoms with Gasteiger partial charge in [-0.2, -0.15) is 5.10 Å². The van der Waals surface area contributed by atoms with E-state index in [1.165, 1.54) is 5.56 Å². The van der Waals surface area contributed by atoms with Gasteiger partial charge >= 0.3 is 5.97 Å². The molecule has 0 bridgehead atoms. The predicted molar refractivity (Wildman–Crippen MR) is 144 cm³/mol. The number of aromatic nitrogens is 3. The van der Waals surface area contributed by atoms with Crippen LogP contribution in [0.2, 0.25) is 0 Å². The van der Waals surface area contributed by atoms with Gasteiger partial charge in [0.15, 0.2) is 0 Å². The number of pyridine rings is 1. The van der Waals surface area contributed by atoms with Crippen molar-refractivity contribution in [3.05, 3.63) is 64.5 Å². The molecule has 1 aliphatic rings. The predicted octanol–water partition coefficient (Wildman–Crippen LogP) is 4.90. The van der Waals surface area contributed by atoms with Crippen molar-refractivity contribution in [3.8, 4) is 11.6 Å². The second-order valence-electron chi connectivity index (χ2n) is 10.7. The zero-order valence-electron chi connectivity index (χ0n) is 22.5. The van der Waals surface area contributed by atoms with Gasteiger partial charge in [0.05, 0.1) is 25.8 Å². The van der Waals surface area contributed by atoms with Crippen LogP contribution in [0.4, 0.5) is 5.82 Å². The molecule has 1 unspecified atom stereocenters. The molecule has 37 heavy (non-hydrogen) atoms. The van der Waals surface area contributed by atoms with Gasteiger partial charge in [-0.25, -0.2) is 9.67 Å². The van der Waals surface area contributed by atoms with Gasteiger partial charge in [0.2, 0.25) is 5.88 Å². The fraction of sp³-hybridized carbons (Fsp3) is 0.483. The van der Waals surface area contributed by atoms with Gasteiger partial charge in [-0.05, 0) is 53.5 Å². The first-order valence-electron chi connectivity index (χ1n) is 12.9. The number of ether oxygens (including phenoxy) is 2. The third-order valence-electron chi connectivity index (χ3n) is 6.86. The number of anilines is 1. The van der Waals surface area contributed by atoms with Crippen LogP contribution in [0, 0.1) is 0 Å². The van der Waals surface area contributed by atoms with E-state index < -0.39 is 5.97 Å². The van der Waals surface area contributed by atoms with Crippen molar-refractivity contribution in [2.45, 2.75) is 64.2 Å². The molecule has 0 radical (unpaired) electrons. The third-order valence-corrected chi connectivity index (χ3v) is 6.86. The summed E-state index contributed by atoms with van der Waals surface area (Å²) >= 11 is 0. The van der Waals surface area contributed by atoms with E-state index in [1.807, 2.05) is 25.2 Å². The van der Waals surface area contributed by atoms with Crippen LogP contribution >= 0.6 is 0 Å². The smallest absolute Gasteiger partial charge is 0.303 e. The van der Waals surface area contributed by atoms with E-state index >= 15 is 0 Å². The van der Waals surface area contributed by atoms with Crippen molar-refractivity contribution >= 4 is 11.8 Å². The SMILES string of the molecule is COc1cc(C(C)(C)C)ccc1C(CC(=O)O)Cc1cc(OCCc2ccc3c(n2)NCCC3)n(C)n1. The van der Waals surface area contributed by atoms with Gasteiger partial charge in [0.1, 0.15) is 11.6 Å². The van der Waals surface area contributed by atoms with Crippen LogP contribution in [0.15, 0.2) is 36.4 Å². The molecule has 3 aromatic rings. The van der Waals surface area contributed by atoms with Crippen LogP contribution in [-0.4, -0.2) is 46.1 Å². The number of aryl methyl sites for hydroxylation is 2. The maximum atomic E-state index is 11.7. The number of benzene rings is 1. The molecule has 1 aromatic carbocycles. The first kappa shape index (κ1) is 26.5. The Balaban J connectivity index is 1.45. The lowest BCUT2D eigenvalue weighted by Gasteiger charge is -2.23. The summed E-state index contributed by atoms with van der Waals surface area (Å²) in [6.45, 7) is 7.87. The lowest BCUT2D eigenvalue weighted by atomic mass is 9.83. The van der Waals surface area contributed by atoms with Crippen molar-refractivity contribution in [3.63, 3.8) is 0 Å². The molecule has 0 saturated carbocycles. The fourth-order valence-electron chi connectivity index (χ4n) is 4.78. The standard InChI is InChI=1S/C29H38N4O4/c1-29(2,3)21-9-11-24(25(17-21)36-5)20(16-27(34)35)15-23-18-26(33(4)32-23)37-14-12-22-10-8-19-7-6-13-30-28(19)31-22/h8-11,17-18,20H,6-7,12-16H2,1-5H3,(H,30,31)(H,34,35). The number of fused-ring (bicyclic) bond motifs is 1. The molecule has 0 spiro atoms. The number of nitrogens with one attached hydrogen (secondary N) is 1. The summed E-state index contributed by atoms with van der Waals surface area (Å²) in [6, 6.07) is 12.2. The van der Waals surface area contributed by atoms with Crippen LogP contribution in [0.25, 0.3) is 0 Å². The number of nitrogens with zero attached hydrogens (tertiary/aromatic N) is 3. The van der Waals surface area contributed by atoms with E-state index in [9.17, 15) is 9.90 Å². The third kappa shape index (κ3) is 6.61. The monoisotopic (exact) mass is 506 g/mol. The second-order valence-corrected chi connectivity index (χ2v) is 10.7. The number of rotatable bonds is 10. The first-order chi connectivity index (χ1) is 17.6. The normalized spacial score (nSPS) is 14.0. The minimum absolute atomic E-state index is 0.0178. The molecule has 1 aliphatic heterocycles. The molecule has 4 rings (SSSR count). The minimum Gasteiger partial charge on any atom is -0.496 e. The Labute approximate surface area is 219 Å². The molecule has 198 valence electrons. The number of carboxylic acid groups (broad SMARTS) is 1. The lowest BCUT2D eigenvalue weighted by Crippen LogP contribution is -2.14. The topological polar surface area (TPSA) is 98.5 Å². The molecule has 1 atom stereocenters. The van der Waals surface area contributed by atoms with Gasteiger partial charge in [0.25, 0.3) is 0 Å². The summed E-state index contributed by atoms with van der Waals surface area (Å²) in [5.41, 5.74) is 5.02. The fourth-order valence-corrected chi connectivity index (χ4v) is 4.78. The maximum absolute atomic E-state index is 11.7. The molecule has 8 heteroatoms. The van der Waals surface area contributed by atoms with Crippen molar-refractivity contribution in [1.82, 2.24) is 14.8 Å². The summed E-state index contributed by atoms with van der Waals surface area (Å²) in [5.74, 6) is 1.21. The Hall–Kier alpha value is -3.55. The van der Waals surface area contributed by atoms with Gasteiger partial charge in [-0.1, -0.05) is 39.0 Å². The summed E-state index contributed by atoms with van der Waals surface area (Å²) in [7, 11) is 3.47. The summed E-state index contributed by atoms with van der Waals surface area (Å²) < 4.78 is 13.4. The van der Waals surface area contributed by atoms with Gasteiger partial charge in [0, 0.05) is 37.7 Å². The molecule has 3 heterocycles. The second kappa shape index (κ2) is 11.2. The zero-order valence-corrected chi connectivity index (χ0v) is 22.5. The number of hydrogen-bond acceptors (Lipinski definition) is 6. The molecular weight excluding hydrogens is 468 g/mol.